The summed E-state index contributed by atoms with van der Waals surface area (Å²) < 4.78 is 17.9. The van der Waals surface area contributed by atoms with E-state index in [-0.39, 0.29) is 0 Å². The van der Waals surface area contributed by atoms with Gasteiger partial charge < -0.3 is 10.5 Å². The van der Waals surface area contributed by atoms with Gasteiger partial charge in [0, 0.05) is 24.0 Å². The lowest BCUT2D eigenvalue weighted by Gasteiger charge is -2.13. The number of primary amides is 1. The summed E-state index contributed by atoms with van der Waals surface area (Å²) in [5, 5.41) is 0. The zero-order valence-electron chi connectivity index (χ0n) is 11.5. The molecule has 1 aromatic heterocycles. The Labute approximate surface area is 126 Å². The van der Waals surface area contributed by atoms with Crippen molar-refractivity contribution in [2.24, 2.45) is 5.73 Å². The SMILES string of the molecule is NC(=O)C(OC(=O)C=Cc1ccncc1)c1ccc(F)cc1. The van der Waals surface area contributed by atoms with Crippen molar-refractivity contribution in [3.05, 3.63) is 71.8 Å². The highest BCUT2D eigenvalue weighted by Crippen LogP contribution is 2.18. The first-order valence-corrected chi connectivity index (χ1v) is 6.40. The second-order valence-corrected chi connectivity index (χ2v) is 4.38. The van der Waals surface area contributed by atoms with E-state index < -0.39 is 23.8 Å². The third-order valence-corrected chi connectivity index (χ3v) is 2.78. The van der Waals surface area contributed by atoms with Gasteiger partial charge in [0.1, 0.15) is 5.82 Å². The molecule has 2 rings (SSSR count). The Morgan fingerprint density at radius 1 is 1.14 bits per heavy atom. The molecule has 0 radical (unpaired) electrons. The van der Waals surface area contributed by atoms with Crippen molar-refractivity contribution >= 4 is 18.0 Å². The number of nitrogens with zero attached hydrogens (tertiary/aromatic N) is 1. The Balaban J connectivity index is 2.08. The summed E-state index contributed by atoms with van der Waals surface area (Å²) in [6.45, 7) is 0. The minimum absolute atomic E-state index is 0.305. The number of rotatable bonds is 5. The first-order valence-electron chi connectivity index (χ1n) is 6.40. The number of carbonyl (C=O) groups excluding carboxylic acids is 2. The van der Waals surface area contributed by atoms with E-state index in [1.807, 2.05) is 0 Å². The van der Waals surface area contributed by atoms with E-state index >= 15 is 0 Å². The standard InChI is InChI=1S/C16H13FN2O3/c17-13-4-2-12(3-5-13)15(16(18)21)22-14(20)6-1-11-7-9-19-10-8-11/h1-10,15H,(H2,18,21). The van der Waals surface area contributed by atoms with Crippen LogP contribution >= 0.6 is 0 Å². The maximum atomic E-state index is 12.9. The summed E-state index contributed by atoms with van der Waals surface area (Å²) in [7, 11) is 0. The molecule has 0 spiro atoms. The van der Waals surface area contributed by atoms with Gasteiger partial charge in [0.25, 0.3) is 5.91 Å². The van der Waals surface area contributed by atoms with Crippen molar-refractivity contribution < 1.29 is 18.7 Å². The highest BCUT2D eigenvalue weighted by atomic mass is 19.1. The van der Waals surface area contributed by atoms with Crippen LogP contribution in [-0.2, 0) is 14.3 Å². The van der Waals surface area contributed by atoms with E-state index in [0.29, 0.717) is 5.56 Å². The van der Waals surface area contributed by atoms with Crippen LogP contribution in [0, 0.1) is 5.82 Å². The molecule has 1 atom stereocenters. The number of esters is 1. The van der Waals surface area contributed by atoms with Crippen LogP contribution in [0.5, 0.6) is 0 Å². The predicted octanol–water partition coefficient (Wildman–Crippen LogP) is 2.00. The van der Waals surface area contributed by atoms with Gasteiger partial charge in [0.15, 0.2) is 0 Å². The zero-order valence-corrected chi connectivity index (χ0v) is 11.5. The van der Waals surface area contributed by atoms with Crippen LogP contribution in [0.25, 0.3) is 6.08 Å². The monoisotopic (exact) mass is 300 g/mol. The summed E-state index contributed by atoms with van der Waals surface area (Å²) in [4.78, 5) is 27.0. The largest absolute Gasteiger partial charge is 0.444 e. The van der Waals surface area contributed by atoms with Gasteiger partial charge in [-0.25, -0.2) is 9.18 Å². The number of carbonyl (C=O) groups is 2. The molecule has 2 N–H and O–H groups in total. The molecule has 1 aromatic carbocycles. The molecular formula is C16H13FN2O3. The molecule has 5 nitrogen and oxygen atoms in total. The van der Waals surface area contributed by atoms with Gasteiger partial charge in [-0.15, -0.1) is 0 Å². The molecule has 22 heavy (non-hydrogen) atoms. The first-order chi connectivity index (χ1) is 10.6. The van der Waals surface area contributed by atoms with Crippen LogP contribution in [0.15, 0.2) is 54.9 Å². The lowest BCUT2D eigenvalue weighted by molar-refractivity contribution is -0.150. The molecule has 0 aliphatic rings. The molecule has 0 saturated carbocycles. The van der Waals surface area contributed by atoms with Gasteiger partial charge >= 0.3 is 5.97 Å². The highest BCUT2D eigenvalue weighted by Gasteiger charge is 2.21. The number of hydrogen-bond donors (Lipinski definition) is 1. The van der Waals surface area contributed by atoms with E-state index in [1.165, 1.54) is 24.3 Å². The van der Waals surface area contributed by atoms with Crippen molar-refractivity contribution in [2.75, 3.05) is 0 Å². The van der Waals surface area contributed by atoms with Gasteiger partial charge in [-0.3, -0.25) is 9.78 Å². The molecule has 1 amide bonds. The van der Waals surface area contributed by atoms with Crippen LogP contribution in [0.2, 0.25) is 0 Å². The van der Waals surface area contributed by atoms with Crippen LogP contribution in [0.3, 0.4) is 0 Å². The number of ether oxygens (including phenoxy) is 1. The average molecular weight is 300 g/mol. The molecule has 6 heteroatoms. The second-order valence-electron chi connectivity index (χ2n) is 4.38. The Bertz CT molecular complexity index is 684. The summed E-state index contributed by atoms with van der Waals surface area (Å²) in [5.41, 5.74) is 6.28. The Morgan fingerprint density at radius 2 is 1.77 bits per heavy atom. The average Bonchev–Trinajstić information content (AvgIpc) is 2.52. The minimum Gasteiger partial charge on any atom is -0.444 e. The van der Waals surface area contributed by atoms with E-state index in [0.717, 1.165) is 17.7 Å². The lowest BCUT2D eigenvalue weighted by Crippen LogP contribution is -2.25. The topological polar surface area (TPSA) is 82.3 Å². The molecule has 0 bridgehead atoms. The quantitative estimate of drug-likeness (QED) is 0.676. The molecular weight excluding hydrogens is 287 g/mol. The predicted molar refractivity (Wildman–Crippen MR) is 77.7 cm³/mol. The van der Waals surface area contributed by atoms with E-state index in [1.54, 1.807) is 24.5 Å². The van der Waals surface area contributed by atoms with E-state index in [2.05, 4.69) is 4.98 Å². The maximum Gasteiger partial charge on any atom is 0.331 e. The molecule has 1 unspecified atom stereocenters. The number of aromatic nitrogens is 1. The number of hydrogen-bond acceptors (Lipinski definition) is 4. The van der Waals surface area contributed by atoms with E-state index in [9.17, 15) is 14.0 Å². The summed E-state index contributed by atoms with van der Waals surface area (Å²) in [5.74, 6) is -2.03. The fraction of sp³-hybridized carbons (Fsp3) is 0.0625. The maximum absolute atomic E-state index is 12.9. The highest BCUT2D eigenvalue weighted by molar-refractivity contribution is 5.90. The van der Waals surface area contributed by atoms with Crippen LogP contribution < -0.4 is 5.73 Å². The number of amides is 1. The second kappa shape index (κ2) is 7.12. The number of halogens is 1. The number of nitrogens with two attached hydrogens (primary N) is 1. The van der Waals surface area contributed by atoms with Crippen LogP contribution in [0.1, 0.15) is 17.2 Å². The lowest BCUT2D eigenvalue weighted by atomic mass is 10.1. The molecule has 0 aliphatic heterocycles. The van der Waals surface area contributed by atoms with Crippen molar-refractivity contribution in [2.45, 2.75) is 6.10 Å². The molecule has 1 heterocycles. The Morgan fingerprint density at radius 3 is 2.36 bits per heavy atom. The van der Waals surface area contributed by atoms with Crippen LogP contribution in [0.4, 0.5) is 4.39 Å². The van der Waals surface area contributed by atoms with Gasteiger partial charge in [0.05, 0.1) is 0 Å². The normalized spacial score (nSPS) is 12.0. The Kier molecular flexibility index (Phi) is 4.98. The number of benzene rings is 1. The molecule has 0 aliphatic carbocycles. The van der Waals surface area contributed by atoms with Crippen molar-refractivity contribution in [1.29, 1.82) is 0 Å². The summed E-state index contributed by atoms with van der Waals surface area (Å²) in [6.07, 6.45) is 4.59. The third kappa shape index (κ3) is 4.24. The zero-order chi connectivity index (χ0) is 15.9. The molecule has 0 fully saturated rings. The Hall–Kier alpha value is -3.02. The van der Waals surface area contributed by atoms with E-state index in [4.69, 9.17) is 10.5 Å². The van der Waals surface area contributed by atoms with Gasteiger partial charge in [-0.1, -0.05) is 12.1 Å². The van der Waals surface area contributed by atoms with Gasteiger partial charge in [-0.05, 0) is 35.9 Å². The van der Waals surface area contributed by atoms with Gasteiger partial charge in [0.2, 0.25) is 6.10 Å². The van der Waals surface area contributed by atoms with Gasteiger partial charge in [-0.2, -0.15) is 0 Å². The molecule has 2 aromatic rings. The summed E-state index contributed by atoms with van der Waals surface area (Å²) >= 11 is 0. The minimum atomic E-state index is -1.27. The van der Waals surface area contributed by atoms with Crippen molar-refractivity contribution in [3.8, 4) is 0 Å². The fourth-order valence-electron chi connectivity index (χ4n) is 1.72. The van der Waals surface area contributed by atoms with Crippen molar-refractivity contribution in [3.63, 3.8) is 0 Å². The first kappa shape index (κ1) is 15.4. The fourth-order valence-corrected chi connectivity index (χ4v) is 1.72. The summed E-state index contributed by atoms with van der Waals surface area (Å²) in [6, 6.07) is 8.40. The number of pyridine rings is 1. The molecule has 112 valence electrons. The van der Waals surface area contributed by atoms with Crippen LogP contribution in [-0.4, -0.2) is 16.9 Å². The smallest absolute Gasteiger partial charge is 0.331 e. The molecule has 0 saturated heterocycles. The third-order valence-electron chi connectivity index (χ3n) is 2.78. The van der Waals surface area contributed by atoms with Crippen molar-refractivity contribution in [1.82, 2.24) is 4.98 Å².